The molecule has 192 valence electrons. The average Bonchev–Trinajstić information content (AvgIpc) is 3.41. The predicted octanol–water partition coefficient (Wildman–Crippen LogP) is 3.06. The Hall–Kier alpha value is -3.87. The van der Waals surface area contributed by atoms with E-state index in [1.54, 1.807) is 4.90 Å². The number of nitrogens with zero attached hydrogens (tertiary/aromatic N) is 5. The first-order valence-corrected chi connectivity index (χ1v) is 11.3. The quantitative estimate of drug-likeness (QED) is 0.490. The zero-order valence-corrected chi connectivity index (χ0v) is 19.7. The Labute approximate surface area is 204 Å². The molecule has 0 spiro atoms. The zero-order valence-electron chi connectivity index (χ0n) is 19.7. The number of amides is 2. The van der Waals surface area contributed by atoms with Crippen LogP contribution in [0.3, 0.4) is 0 Å². The number of carboxylic acids is 1. The summed E-state index contributed by atoms with van der Waals surface area (Å²) >= 11 is 0. The van der Waals surface area contributed by atoms with Gasteiger partial charge in [-0.05, 0) is 38.5 Å². The highest BCUT2D eigenvalue weighted by atomic mass is 19.4. The Kier molecular flexibility index (Phi) is 7.02. The van der Waals surface area contributed by atoms with Crippen LogP contribution in [0.2, 0.25) is 0 Å². The van der Waals surface area contributed by atoms with E-state index >= 15 is 0 Å². The molecule has 0 radical (unpaired) electrons. The van der Waals surface area contributed by atoms with Crippen LogP contribution in [0.15, 0.2) is 36.8 Å². The van der Waals surface area contributed by atoms with Crippen LogP contribution in [0.5, 0.6) is 0 Å². The van der Waals surface area contributed by atoms with E-state index in [1.807, 2.05) is 42.0 Å². The Morgan fingerprint density at radius 2 is 1.94 bits per heavy atom. The van der Waals surface area contributed by atoms with E-state index in [2.05, 4.69) is 38.5 Å². The van der Waals surface area contributed by atoms with Crippen molar-refractivity contribution >= 4 is 34.8 Å². The van der Waals surface area contributed by atoms with Crippen molar-refractivity contribution < 1.29 is 27.9 Å². The van der Waals surface area contributed by atoms with Gasteiger partial charge in [0.25, 0.3) is 0 Å². The van der Waals surface area contributed by atoms with E-state index in [4.69, 9.17) is 9.90 Å². The van der Waals surface area contributed by atoms with Gasteiger partial charge in [-0.25, -0.2) is 19.6 Å². The Balaban J connectivity index is 0.000000384. The Morgan fingerprint density at radius 3 is 2.64 bits per heavy atom. The lowest BCUT2D eigenvalue weighted by Crippen LogP contribution is -2.49. The number of hydrogen-bond donors (Lipinski definition) is 3. The number of aromatic nitrogens is 3. The highest BCUT2D eigenvalue weighted by molar-refractivity contribution is 6.03. The normalized spacial score (nSPS) is 17.4. The predicted molar refractivity (Wildman–Crippen MR) is 128 cm³/mol. The fourth-order valence-corrected chi connectivity index (χ4v) is 4.30. The molecule has 5 rings (SSSR count). The Morgan fingerprint density at radius 1 is 1.19 bits per heavy atom. The molecule has 1 atom stereocenters. The number of rotatable bonds is 2. The summed E-state index contributed by atoms with van der Waals surface area (Å²) in [7, 11) is 0. The highest BCUT2D eigenvalue weighted by Gasteiger charge is 2.38. The molecule has 0 saturated carbocycles. The van der Waals surface area contributed by atoms with Crippen LogP contribution in [-0.2, 0) is 11.2 Å². The molecule has 3 aromatic rings. The van der Waals surface area contributed by atoms with Crippen LogP contribution in [0.4, 0.5) is 35.2 Å². The van der Waals surface area contributed by atoms with Crippen molar-refractivity contribution in [2.45, 2.75) is 32.5 Å². The van der Waals surface area contributed by atoms with Gasteiger partial charge >= 0.3 is 18.2 Å². The topological polar surface area (TPSA) is 115 Å². The molecule has 3 N–H and O–H groups in total. The molecule has 3 aromatic heterocycles. The van der Waals surface area contributed by atoms with Crippen molar-refractivity contribution in [3.8, 4) is 0 Å². The number of carbonyl (C=O) groups is 2. The highest BCUT2D eigenvalue weighted by Crippen LogP contribution is 2.34. The van der Waals surface area contributed by atoms with Crippen molar-refractivity contribution in [3.05, 3.63) is 48.0 Å². The first-order chi connectivity index (χ1) is 17.0. The number of aliphatic carboxylic acids is 1. The maximum atomic E-state index is 13.0. The number of carboxylic acid groups (broad SMARTS) is 1. The molecule has 1 saturated heterocycles. The number of aryl methyl sites for hydroxylation is 1. The molecule has 0 aliphatic carbocycles. The van der Waals surface area contributed by atoms with Crippen molar-refractivity contribution in [2.24, 2.45) is 0 Å². The third-order valence-electron chi connectivity index (χ3n) is 5.87. The summed E-state index contributed by atoms with van der Waals surface area (Å²) in [6.07, 6.45) is 1.38. The van der Waals surface area contributed by atoms with Crippen LogP contribution in [0, 0.1) is 6.92 Å². The largest absolute Gasteiger partial charge is 0.490 e. The van der Waals surface area contributed by atoms with Gasteiger partial charge in [0, 0.05) is 62.1 Å². The number of hydrogen-bond acceptors (Lipinski definition) is 6. The van der Waals surface area contributed by atoms with Gasteiger partial charge in [-0.3, -0.25) is 4.90 Å². The van der Waals surface area contributed by atoms with E-state index in [9.17, 15) is 18.0 Å². The van der Waals surface area contributed by atoms with E-state index < -0.39 is 12.1 Å². The number of anilines is 3. The van der Waals surface area contributed by atoms with Gasteiger partial charge in [0.15, 0.2) is 0 Å². The summed E-state index contributed by atoms with van der Waals surface area (Å²) < 4.78 is 33.7. The van der Waals surface area contributed by atoms with Gasteiger partial charge in [0.05, 0.1) is 11.4 Å². The zero-order chi connectivity index (χ0) is 26.0. The number of carbonyl (C=O) groups excluding carboxylic acids is 1. The van der Waals surface area contributed by atoms with Crippen LogP contribution < -0.4 is 20.4 Å². The van der Waals surface area contributed by atoms with Crippen molar-refractivity contribution in [1.29, 1.82) is 0 Å². The maximum Gasteiger partial charge on any atom is 0.490 e. The molecule has 13 heteroatoms. The number of piperazine rings is 1. The third-order valence-corrected chi connectivity index (χ3v) is 5.87. The molecule has 10 nitrogen and oxygen atoms in total. The summed E-state index contributed by atoms with van der Waals surface area (Å²) in [6.45, 7) is 7.70. The molecule has 2 aliphatic heterocycles. The molecule has 1 fully saturated rings. The number of imidazole rings is 1. The van der Waals surface area contributed by atoms with Gasteiger partial charge in [0.2, 0.25) is 0 Å². The van der Waals surface area contributed by atoms with E-state index in [1.165, 1.54) is 5.69 Å². The van der Waals surface area contributed by atoms with Crippen LogP contribution in [-0.4, -0.2) is 69.9 Å². The lowest BCUT2D eigenvalue weighted by molar-refractivity contribution is -0.192. The molecule has 0 bridgehead atoms. The van der Waals surface area contributed by atoms with Crippen molar-refractivity contribution in [1.82, 2.24) is 19.7 Å². The fraction of sp³-hybridized carbons (Fsp3) is 0.391. The lowest BCUT2D eigenvalue weighted by atomic mass is 10.1. The van der Waals surface area contributed by atoms with E-state index in [0.29, 0.717) is 12.6 Å². The summed E-state index contributed by atoms with van der Waals surface area (Å²) in [5.41, 5.74) is 4.91. The minimum Gasteiger partial charge on any atom is -0.475 e. The van der Waals surface area contributed by atoms with Gasteiger partial charge < -0.3 is 25.0 Å². The number of nitrogens with one attached hydrogen (secondary N) is 2. The molecular formula is C23H26F3N7O3. The number of alkyl halides is 3. The molecule has 36 heavy (non-hydrogen) atoms. The lowest BCUT2D eigenvalue weighted by Gasteiger charge is -2.34. The second-order valence-corrected chi connectivity index (χ2v) is 8.63. The van der Waals surface area contributed by atoms with Gasteiger partial charge in [-0.2, -0.15) is 13.2 Å². The Bertz CT molecular complexity index is 1280. The number of fused-ring (bicyclic) bond motifs is 2. The van der Waals surface area contributed by atoms with Crippen LogP contribution in [0.25, 0.3) is 5.65 Å². The first kappa shape index (κ1) is 25.2. The molecular weight excluding hydrogens is 479 g/mol. The molecule has 5 heterocycles. The average molecular weight is 506 g/mol. The van der Waals surface area contributed by atoms with E-state index in [-0.39, 0.29) is 6.03 Å². The molecule has 2 amide bonds. The van der Waals surface area contributed by atoms with Gasteiger partial charge in [-0.1, -0.05) is 0 Å². The van der Waals surface area contributed by atoms with Crippen molar-refractivity contribution in [3.63, 3.8) is 0 Å². The first-order valence-electron chi connectivity index (χ1n) is 11.3. The number of halogens is 3. The van der Waals surface area contributed by atoms with Gasteiger partial charge in [0.1, 0.15) is 11.5 Å². The standard InChI is InChI=1S/C21H25N7O.C2HF3O2/c1-14-11-26(10-8-22-14)18-5-7-23-20-17(18)6-9-28(20)21(29)25-16-3-4-19-24-15(2)12-27(19)13-16;3-2(4,5)1(6)7/h3-5,7,12-14,22H,6,8-11H2,1-2H3,(H,25,29);(H,6,7)/t14-;/m0./s1. The van der Waals surface area contributed by atoms with Gasteiger partial charge in [-0.15, -0.1) is 0 Å². The van der Waals surface area contributed by atoms with Crippen molar-refractivity contribution in [2.75, 3.05) is 41.3 Å². The second-order valence-electron chi connectivity index (χ2n) is 8.63. The smallest absolute Gasteiger partial charge is 0.475 e. The third kappa shape index (κ3) is 5.51. The van der Waals surface area contributed by atoms with Crippen LogP contribution in [0.1, 0.15) is 18.2 Å². The maximum absolute atomic E-state index is 13.0. The SMILES string of the molecule is Cc1cn2cc(NC(=O)N3CCc4c(N5CCN[C@@H](C)C5)ccnc43)ccc2n1.O=C(O)C(F)(F)F. The number of pyridine rings is 2. The second kappa shape index (κ2) is 10.0. The van der Waals surface area contributed by atoms with Crippen LogP contribution >= 0.6 is 0 Å². The monoisotopic (exact) mass is 505 g/mol. The minimum atomic E-state index is -5.08. The summed E-state index contributed by atoms with van der Waals surface area (Å²) in [4.78, 5) is 35.0. The molecule has 0 unspecified atom stereocenters. The summed E-state index contributed by atoms with van der Waals surface area (Å²) in [6, 6.07) is 6.16. The summed E-state index contributed by atoms with van der Waals surface area (Å²) in [5, 5.41) is 13.6. The number of urea groups is 1. The molecule has 2 aliphatic rings. The fourth-order valence-electron chi connectivity index (χ4n) is 4.30. The molecule has 0 aromatic carbocycles. The minimum absolute atomic E-state index is 0.154. The van der Waals surface area contributed by atoms with E-state index in [0.717, 1.165) is 54.5 Å². The summed E-state index contributed by atoms with van der Waals surface area (Å²) in [5.74, 6) is -1.99.